The minimum Gasteiger partial charge on any atom is -0.506 e. The third-order valence-electron chi connectivity index (χ3n) is 2.66. The second-order valence-electron chi connectivity index (χ2n) is 4.16. The number of halogens is 4. The highest BCUT2D eigenvalue weighted by Gasteiger charge is 2.09. The topological polar surface area (TPSA) is 41.5 Å². The molecule has 21 heavy (non-hydrogen) atoms. The van der Waals surface area contributed by atoms with Crippen molar-refractivity contribution in [2.75, 3.05) is 5.32 Å². The summed E-state index contributed by atoms with van der Waals surface area (Å²) in [4.78, 5) is 0. The summed E-state index contributed by atoms with van der Waals surface area (Å²) in [5, 5.41) is 12.7. The highest BCUT2D eigenvalue weighted by atomic mass is 35.5. The second kappa shape index (κ2) is 6.83. The van der Waals surface area contributed by atoms with E-state index in [0.29, 0.717) is 12.2 Å². The number of alkyl halides is 2. The molecule has 0 radical (unpaired) electrons. The summed E-state index contributed by atoms with van der Waals surface area (Å²) in [5.74, 6) is -0.0677. The molecule has 0 aliphatic rings. The Hall–Kier alpha value is -1.72. The van der Waals surface area contributed by atoms with Crippen molar-refractivity contribution in [2.24, 2.45) is 0 Å². The molecule has 0 bridgehead atoms. The lowest BCUT2D eigenvalue weighted by Gasteiger charge is -2.10. The number of rotatable bonds is 5. The van der Waals surface area contributed by atoms with Gasteiger partial charge in [-0.05, 0) is 35.9 Å². The van der Waals surface area contributed by atoms with E-state index in [-0.39, 0.29) is 21.5 Å². The van der Waals surface area contributed by atoms with Gasteiger partial charge < -0.3 is 15.2 Å². The van der Waals surface area contributed by atoms with Crippen molar-refractivity contribution in [1.29, 1.82) is 0 Å². The van der Waals surface area contributed by atoms with Crippen LogP contribution in [0.3, 0.4) is 0 Å². The van der Waals surface area contributed by atoms with Crippen LogP contribution in [0.2, 0.25) is 10.0 Å². The van der Waals surface area contributed by atoms with Crippen molar-refractivity contribution in [2.45, 2.75) is 13.2 Å². The van der Waals surface area contributed by atoms with Crippen LogP contribution in [0.5, 0.6) is 11.5 Å². The fourth-order valence-corrected chi connectivity index (χ4v) is 2.10. The summed E-state index contributed by atoms with van der Waals surface area (Å²) >= 11 is 11.7. The van der Waals surface area contributed by atoms with Gasteiger partial charge in [0.05, 0.1) is 10.0 Å². The molecule has 0 aliphatic carbocycles. The molecule has 7 heteroatoms. The summed E-state index contributed by atoms with van der Waals surface area (Å²) < 4.78 is 28.5. The first-order chi connectivity index (χ1) is 9.95. The smallest absolute Gasteiger partial charge is 0.387 e. The van der Waals surface area contributed by atoms with Crippen LogP contribution < -0.4 is 10.1 Å². The zero-order valence-corrected chi connectivity index (χ0v) is 12.1. The fourth-order valence-electron chi connectivity index (χ4n) is 1.67. The Bertz CT molecular complexity index is 638. The van der Waals surface area contributed by atoms with Crippen molar-refractivity contribution in [1.82, 2.24) is 0 Å². The van der Waals surface area contributed by atoms with E-state index in [4.69, 9.17) is 23.2 Å². The van der Waals surface area contributed by atoms with Gasteiger partial charge >= 0.3 is 6.61 Å². The zero-order valence-electron chi connectivity index (χ0n) is 10.6. The molecule has 0 amide bonds. The largest absolute Gasteiger partial charge is 0.506 e. The van der Waals surface area contributed by atoms with E-state index < -0.39 is 6.61 Å². The molecule has 0 spiro atoms. The molecule has 0 atom stereocenters. The minimum absolute atomic E-state index is 0.0111. The number of aromatic hydroxyl groups is 1. The fraction of sp³-hybridized carbons (Fsp3) is 0.143. The number of hydrogen-bond acceptors (Lipinski definition) is 3. The Labute approximate surface area is 130 Å². The van der Waals surface area contributed by atoms with Gasteiger partial charge in [0.1, 0.15) is 11.5 Å². The number of nitrogens with one attached hydrogen (secondary N) is 1. The Morgan fingerprint density at radius 3 is 2.48 bits per heavy atom. The minimum atomic E-state index is -2.92. The van der Waals surface area contributed by atoms with Crippen molar-refractivity contribution in [3.63, 3.8) is 0 Å². The van der Waals surface area contributed by atoms with Crippen molar-refractivity contribution >= 4 is 28.9 Å². The first kappa shape index (κ1) is 15.7. The molecule has 0 saturated heterocycles. The first-order valence-corrected chi connectivity index (χ1v) is 6.67. The van der Waals surface area contributed by atoms with E-state index in [1.165, 1.54) is 18.2 Å². The molecular weight excluding hydrogens is 323 g/mol. The normalized spacial score (nSPS) is 10.7. The number of phenols is 1. The van der Waals surface area contributed by atoms with Gasteiger partial charge in [0.2, 0.25) is 0 Å². The van der Waals surface area contributed by atoms with Gasteiger partial charge in [0.15, 0.2) is 0 Å². The molecule has 2 aromatic rings. The van der Waals surface area contributed by atoms with E-state index >= 15 is 0 Å². The number of phenolic OH excluding ortho intramolecular Hbond substituents is 1. The number of hydrogen-bond donors (Lipinski definition) is 2. The van der Waals surface area contributed by atoms with Crippen LogP contribution in [0.25, 0.3) is 0 Å². The molecule has 2 N–H and O–H groups in total. The molecule has 0 saturated carbocycles. The van der Waals surface area contributed by atoms with Gasteiger partial charge in [-0.1, -0.05) is 29.3 Å². The highest BCUT2D eigenvalue weighted by Crippen LogP contribution is 2.29. The predicted octanol–water partition coefficient (Wildman–Crippen LogP) is 4.91. The monoisotopic (exact) mass is 333 g/mol. The van der Waals surface area contributed by atoms with Crippen LogP contribution >= 0.6 is 23.2 Å². The van der Waals surface area contributed by atoms with Gasteiger partial charge in [0.25, 0.3) is 0 Å². The van der Waals surface area contributed by atoms with Crippen LogP contribution in [0.4, 0.5) is 14.5 Å². The SMILES string of the molecule is Oc1ccc(CNc2ccc(OC(F)F)c(Cl)c2)cc1Cl. The number of ether oxygens (including phenoxy) is 1. The van der Waals surface area contributed by atoms with Gasteiger partial charge in [-0.15, -0.1) is 0 Å². The molecule has 3 nitrogen and oxygen atoms in total. The average molecular weight is 334 g/mol. The lowest BCUT2D eigenvalue weighted by atomic mass is 10.2. The molecule has 0 heterocycles. The molecule has 0 unspecified atom stereocenters. The summed E-state index contributed by atoms with van der Waals surface area (Å²) in [6.07, 6.45) is 0. The van der Waals surface area contributed by atoms with Gasteiger partial charge in [-0.25, -0.2) is 0 Å². The Morgan fingerprint density at radius 1 is 1.10 bits per heavy atom. The first-order valence-electron chi connectivity index (χ1n) is 5.91. The average Bonchev–Trinajstić information content (AvgIpc) is 2.42. The van der Waals surface area contributed by atoms with E-state index in [9.17, 15) is 13.9 Å². The number of benzene rings is 2. The highest BCUT2D eigenvalue weighted by molar-refractivity contribution is 6.32. The molecule has 2 aromatic carbocycles. The summed E-state index contributed by atoms with van der Waals surface area (Å²) in [7, 11) is 0. The van der Waals surface area contributed by atoms with Crippen LogP contribution in [-0.4, -0.2) is 11.7 Å². The van der Waals surface area contributed by atoms with Gasteiger partial charge in [0, 0.05) is 12.2 Å². The molecular formula is C14H11Cl2F2NO2. The van der Waals surface area contributed by atoms with Gasteiger partial charge in [-0.2, -0.15) is 8.78 Å². The van der Waals surface area contributed by atoms with Crippen molar-refractivity contribution in [3.05, 3.63) is 52.0 Å². The third-order valence-corrected chi connectivity index (χ3v) is 3.25. The molecule has 0 aromatic heterocycles. The lowest BCUT2D eigenvalue weighted by molar-refractivity contribution is -0.0497. The quantitative estimate of drug-likeness (QED) is 0.816. The maximum Gasteiger partial charge on any atom is 0.387 e. The zero-order chi connectivity index (χ0) is 15.4. The summed E-state index contributed by atoms with van der Waals surface area (Å²) in [6, 6.07) is 9.25. The van der Waals surface area contributed by atoms with Crippen molar-refractivity contribution in [3.8, 4) is 11.5 Å². The van der Waals surface area contributed by atoms with Crippen LogP contribution in [0, 0.1) is 0 Å². The molecule has 2 rings (SSSR count). The van der Waals surface area contributed by atoms with Crippen molar-refractivity contribution < 1.29 is 18.6 Å². The van der Waals surface area contributed by atoms with Gasteiger partial charge in [-0.3, -0.25) is 0 Å². The Morgan fingerprint density at radius 2 is 1.86 bits per heavy atom. The van der Waals surface area contributed by atoms with E-state index in [2.05, 4.69) is 10.1 Å². The van der Waals surface area contributed by atoms with E-state index in [0.717, 1.165) is 5.56 Å². The van der Waals surface area contributed by atoms with E-state index in [1.54, 1.807) is 18.2 Å². The molecule has 0 aliphatic heterocycles. The maximum absolute atomic E-state index is 12.1. The predicted molar refractivity (Wildman–Crippen MR) is 78.5 cm³/mol. The lowest BCUT2D eigenvalue weighted by Crippen LogP contribution is -2.03. The summed E-state index contributed by atoms with van der Waals surface area (Å²) in [6.45, 7) is -2.48. The Kier molecular flexibility index (Phi) is 5.09. The van der Waals surface area contributed by atoms with Crippen LogP contribution in [0.1, 0.15) is 5.56 Å². The maximum atomic E-state index is 12.1. The molecule has 0 fully saturated rings. The second-order valence-corrected chi connectivity index (χ2v) is 4.98. The third kappa shape index (κ3) is 4.37. The standard InChI is InChI=1S/C14H11Cl2F2NO2/c15-10-5-8(1-3-12(10)20)7-19-9-2-4-13(11(16)6-9)21-14(17)18/h1-6,14,19-20H,7H2. The number of anilines is 1. The van der Waals surface area contributed by atoms with Crippen LogP contribution in [0.15, 0.2) is 36.4 Å². The van der Waals surface area contributed by atoms with Crippen LogP contribution in [-0.2, 0) is 6.54 Å². The van der Waals surface area contributed by atoms with E-state index in [1.807, 2.05) is 0 Å². The Balaban J connectivity index is 2.03. The molecule has 112 valence electrons. The summed E-state index contributed by atoms with van der Waals surface area (Å²) in [5.41, 5.74) is 1.49.